The first-order chi connectivity index (χ1) is 8.66. The Morgan fingerprint density at radius 2 is 2.11 bits per heavy atom. The zero-order valence-corrected chi connectivity index (χ0v) is 13.8. The van der Waals surface area contributed by atoms with Gasteiger partial charge in [0.2, 0.25) is 0 Å². The Labute approximate surface area is 120 Å². The van der Waals surface area contributed by atoms with Crippen LogP contribution < -0.4 is 4.90 Å². The van der Waals surface area contributed by atoms with Crippen molar-refractivity contribution in [2.75, 3.05) is 11.9 Å². The maximum atomic E-state index is 10.3. The molecule has 0 fully saturated rings. The minimum atomic E-state index is -0.344. The maximum Gasteiger partial charge on any atom is 0.186 e. The quantitative estimate of drug-likeness (QED) is 0.916. The van der Waals surface area contributed by atoms with Gasteiger partial charge in [0.1, 0.15) is 0 Å². The number of aliphatic hydroxyl groups excluding tert-OH is 1. The molecule has 1 aromatic heterocycles. The van der Waals surface area contributed by atoms with Crippen molar-refractivity contribution in [3.63, 3.8) is 0 Å². The number of hydrogen-bond donors (Lipinski definition) is 1. The van der Waals surface area contributed by atoms with E-state index < -0.39 is 0 Å². The van der Waals surface area contributed by atoms with E-state index in [2.05, 4.69) is 46.6 Å². The van der Waals surface area contributed by atoms with Gasteiger partial charge in [-0.25, -0.2) is 4.98 Å². The van der Waals surface area contributed by atoms with Gasteiger partial charge in [-0.3, -0.25) is 0 Å². The van der Waals surface area contributed by atoms with Gasteiger partial charge in [0, 0.05) is 12.6 Å². The number of nitrogens with zero attached hydrogens (tertiary/aromatic N) is 2. The van der Waals surface area contributed by atoms with Crippen molar-refractivity contribution < 1.29 is 5.11 Å². The monoisotopic (exact) mass is 282 g/mol. The second-order valence-electron chi connectivity index (χ2n) is 7.09. The number of hydrogen-bond acceptors (Lipinski definition) is 4. The van der Waals surface area contributed by atoms with Crippen molar-refractivity contribution >= 4 is 16.5 Å². The molecule has 1 aromatic rings. The van der Waals surface area contributed by atoms with E-state index in [0.29, 0.717) is 0 Å². The Morgan fingerprint density at radius 3 is 2.68 bits per heavy atom. The molecule has 0 aromatic carbocycles. The second-order valence-corrected chi connectivity index (χ2v) is 8.10. The second kappa shape index (κ2) is 4.74. The van der Waals surface area contributed by atoms with Gasteiger partial charge in [0.15, 0.2) is 5.13 Å². The lowest BCUT2D eigenvalue weighted by atomic mass is 9.77. The minimum Gasteiger partial charge on any atom is -0.387 e. The first-order valence-corrected chi connectivity index (χ1v) is 7.89. The molecule has 1 aliphatic carbocycles. The maximum absolute atomic E-state index is 10.3. The highest BCUT2D eigenvalue weighted by molar-refractivity contribution is 7.15. The average Bonchev–Trinajstić information content (AvgIpc) is 2.70. The minimum absolute atomic E-state index is 0.0981. The van der Waals surface area contributed by atoms with E-state index >= 15 is 0 Å². The van der Waals surface area contributed by atoms with E-state index in [0.717, 1.165) is 35.0 Å². The van der Waals surface area contributed by atoms with Crippen molar-refractivity contribution in [1.29, 1.82) is 0 Å². The molecule has 1 atom stereocenters. The molecule has 0 saturated carbocycles. The molecule has 0 radical (unpaired) electrons. The summed E-state index contributed by atoms with van der Waals surface area (Å²) in [6.07, 6.45) is 2.53. The third-order valence-electron chi connectivity index (χ3n) is 4.47. The topological polar surface area (TPSA) is 36.4 Å². The van der Waals surface area contributed by atoms with Crippen LogP contribution in [-0.4, -0.2) is 22.7 Å². The SMILES string of the molecule is CCC(C)(C)N(C)c1nc2c(s1)C(O)CC(C)(C)C2. The van der Waals surface area contributed by atoms with Crippen molar-refractivity contribution in [3.8, 4) is 0 Å². The Morgan fingerprint density at radius 1 is 1.47 bits per heavy atom. The van der Waals surface area contributed by atoms with Crippen molar-refractivity contribution in [3.05, 3.63) is 10.6 Å². The molecule has 1 heterocycles. The van der Waals surface area contributed by atoms with Crippen LogP contribution >= 0.6 is 11.3 Å². The smallest absolute Gasteiger partial charge is 0.186 e. The van der Waals surface area contributed by atoms with Gasteiger partial charge in [-0.2, -0.15) is 0 Å². The highest BCUT2D eigenvalue weighted by Crippen LogP contribution is 2.45. The molecule has 19 heavy (non-hydrogen) atoms. The number of anilines is 1. The van der Waals surface area contributed by atoms with Gasteiger partial charge in [-0.05, 0) is 38.5 Å². The van der Waals surface area contributed by atoms with Crippen molar-refractivity contribution in [2.45, 2.75) is 65.5 Å². The molecule has 0 amide bonds. The van der Waals surface area contributed by atoms with E-state index in [4.69, 9.17) is 4.98 Å². The van der Waals surface area contributed by atoms with Gasteiger partial charge < -0.3 is 10.0 Å². The van der Waals surface area contributed by atoms with Gasteiger partial charge in [0.05, 0.1) is 16.7 Å². The molecule has 1 aliphatic rings. The summed E-state index contributed by atoms with van der Waals surface area (Å²) in [5.74, 6) is 0. The first-order valence-electron chi connectivity index (χ1n) is 7.08. The molecule has 0 aliphatic heterocycles. The molecule has 4 heteroatoms. The van der Waals surface area contributed by atoms with Gasteiger partial charge in [-0.15, -0.1) is 0 Å². The summed E-state index contributed by atoms with van der Waals surface area (Å²) in [5.41, 5.74) is 1.35. The summed E-state index contributed by atoms with van der Waals surface area (Å²) in [6.45, 7) is 11.1. The molecule has 108 valence electrons. The van der Waals surface area contributed by atoms with E-state index in [1.165, 1.54) is 0 Å². The van der Waals surface area contributed by atoms with Crippen LogP contribution in [0.15, 0.2) is 0 Å². The van der Waals surface area contributed by atoms with Crippen LogP contribution in [0.2, 0.25) is 0 Å². The summed E-state index contributed by atoms with van der Waals surface area (Å²) >= 11 is 1.66. The number of aliphatic hydroxyl groups is 1. The molecular weight excluding hydrogens is 256 g/mol. The van der Waals surface area contributed by atoms with E-state index in [1.54, 1.807) is 11.3 Å². The average molecular weight is 282 g/mol. The number of thiazole rings is 1. The molecule has 2 rings (SSSR count). The van der Waals surface area contributed by atoms with Gasteiger partial charge in [-0.1, -0.05) is 32.1 Å². The number of aromatic nitrogens is 1. The third-order valence-corrected chi connectivity index (χ3v) is 5.75. The van der Waals surface area contributed by atoms with E-state index in [-0.39, 0.29) is 17.1 Å². The van der Waals surface area contributed by atoms with Crippen LogP contribution in [0.1, 0.15) is 64.1 Å². The Kier molecular flexibility index (Phi) is 3.69. The Hall–Kier alpha value is -0.610. The summed E-state index contributed by atoms with van der Waals surface area (Å²) in [5, 5.41) is 11.3. The van der Waals surface area contributed by atoms with Crippen molar-refractivity contribution in [2.24, 2.45) is 5.41 Å². The lowest BCUT2D eigenvalue weighted by Gasteiger charge is -2.34. The van der Waals surface area contributed by atoms with E-state index in [1.807, 2.05) is 0 Å². The fourth-order valence-electron chi connectivity index (χ4n) is 2.52. The van der Waals surface area contributed by atoms with Crippen LogP contribution in [0, 0.1) is 5.41 Å². The normalized spacial score (nSPS) is 22.2. The summed E-state index contributed by atoms with van der Waals surface area (Å²) in [6, 6.07) is 0. The number of fused-ring (bicyclic) bond motifs is 1. The van der Waals surface area contributed by atoms with Gasteiger partial charge >= 0.3 is 0 Å². The fraction of sp³-hybridized carbons (Fsp3) is 0.800. The van der Waals surface area contributed by atoms with Crippen LogP contribution in [0.3, 0.4) is 0 Å². The standard InChI is InChI=1S/C15H26N2OS/c1-7-15(4,5)17(6)13-16-10-8-14(2,3)9-11(18)12(10)19-13/h11,18H,7-9H2,1-6H3. The van der Waals surface area contributed by atoms with Crippen LogP contribution in [0.4, 0.5) is 5.13 Å². The third kappa shape index (κ3) is 2.79. The lowest BCUT2D eigenvalue weighted by molar-refractivity contribution is 0.102. The molecule has 0 spiro atoms. The zero-order chi connectivity index (χ0) is 14.4. The molecular formula is C15H26N2OS. The number of rotatable bonds is 3. The molecule has 1 unspecified atom stereocenters. The molecule has 3 nitrogen and oxygen atoms in total. The summed E-state index contributed by atoms with van der Waals surface area (Å²) in [4.78, 5) is 8.12. The Balaban J connectivity index is 2.33. The highest BCUT2D eigenvalue weighted by Gasteiger charge is 2.35. The van der Waals surface area contributed by atoms with Crippen LogP contribution in [0.5, 0.6) is 0 Å². The van der Waals surface area contributed by atoms with Crippen LogP contribution in [-0.2, 0) is 6.42 Å². The zero-order valence-electron chi connectivity index (χ0n) is 12.9. The Bertz CT molecular complexity index is 465. The molecule has 0 saturated heterocycles. The molecule has 1 N–H and O–H groups in total. The predicted molar refractivity (Wildman–Crippen MR) is 81.9 cm³/mol. The van der Waals surface area contributed by atoms with E-state index in [9.17, 15) is 5.11 Å². The predicted octanol–water partition coefficient (Wildman–Crippen LogP) is 3.77. The summed E-state index contributed by atoms with van der Waals surface area (Å²) in [7, 11) is 2.10. The highest BCUT2D eigenvalue weighted by atomic mass is 32.1. The molecule has 0 bridgehead atoms. The lowest BCUT2D eigenvalue weighted by Crippen LogP contribution is -2.40. The van der Waals surface area contributed by atoms with Crippen LogP contribution in [0.25, 0.3) is 0 Å². The first kappa shape index (κ1) is 14.8. The van der Waals surface area contributed by atoms with Crippen molar-refractivity contribution in [1.82, 2.24) is 4.98 Å². The fourth-order valence-corrected chi connectivity index (χ4v) is 3.71. The summed E-state index contributed by atoms with van der Waals surface area (Å²) < 4.78 is 0. The largest absolute Gasteiger partial charge is 0.387 e. The van der Waals surface area contributed by atoms with Gasteiger partial charge in [0.25, 0.3) is 0 Å².